The van der Waals surface area contributed by atoms with E-state index in [1.54, 1.807) is 13.0 Å². The molecule has 0 radical (unpaired) electrons. The fourth-order valence-electron chi connectivity index (χ4n) is 2.02. The molecular formula is C17H20N2O3. The van der Waals surface area contributed by atoms with E-state index in [-0.39, 0.29) is 17.2 Å². The fraction of sp³-hybridized carbons (Fsp3) is 0.294. The minimum absolute atomic E-state index is 0.105. The molecule has 116 valence electrons. The zero-order valence-electron chi connectivity index (χ0n) is 13.0. The highest BCUT2D eigenvalue weighted by atomic mass is 16.5. The number of carbonyl (C=O) groups excluding carboxylic acids is 1. The van der Waals surface area contributed by atoms with Gasteiger partial charge in [-0.2, -0.15) is 0 Å². The molecule has 1 heterocycles. The Labute approximate surface area is 129 Å². The number of aryl methyl sites for hydroxylation is 2. The smallest absolute Gasteiger partial charge is 0.260 e. The summed E-state index contributed by atoms with van der Waals surface area (Å²) in [6, 6.07) is 10.7. The molecule has 1 atom stereocenters. The number of hydrogen-bond donors (Lipinski definition) is 2. The van der Waals surface area contributed by atoms with Crippen LogP contribution in [0.2, 0.25) is 0 Å². The van der Waals surface area contributed by atoms with Gasteiger partial charge in [0.2, 0.25) is 0 Å². The average Bonchev–Trinajstić information content (AvgIpc) is 2.45. The first-order valence-electron chi connectivity index (χ1n) is 7.16. The van der Waals surface area contributed by atoms with Crippen molar-refractivity contribution in [3.63, 3.8) is 0 Å². The van der Waals surface area contributed by atoms with Gasteiger partial charge in [-0.15, -0.1) is 0 Å². The topological polar surface area (TPSA) is 71.2 Å². The van der Waals surface area contributed by atoms with Crippen molar-refractivity contribution >= 4 is 5.91 Å². The summed E-state index contributed by atoms with van der Waals surface area (Å²) in [6.45, 7) is 5.91. The van der Waals surface area contributed by atoms with E-state index >= 15 is 0 Å². The molecule has 5 heteroatoms. The molecule has 1 aromatic carbocycles. The number of amides is 1. The molecule has 0 aliphatic rings. The van der Waals surface area contributed by atoms with Crippen molar-refractivity contribution < 1.29 is 9.53 Å². The van der Waals surface area contributed by atoms with E-state index in [2.05, 4.69) is 10.3 Å². The van der Waals surface area contributed by atoms with Crippen molar-refractivity contribution in [1.82, 2.24) is 10.3 Å². The quantitative estimate of drug-likeness (QED) is 0.889. The van der Waals surface area contributed by atoms with Crippen LogP contribution in [0.25, 0.3) is 0 Å². The molecule has 0 fully saturated rings. The van der Waals surface area contributed by atoms with Crippen molar-refractivity contribution in [2.45, 2.75) is 26.8 Å². The van der Waals surface area contributed by atoms with Gasteiger partial charge in [0.15, 0.2) is 0 Å². The normalized spacial score (nSPS) is 11.8. The average molecular weight is 300 g/mol. The predicted molar refractivity (Wildman–Crippen MR) is 85.4 cm³/mol. The molecule has 1 aromatic heterocycles. The van der Waals surface area contributed by atoms with Crippen LogP contribution in [0.4, 0.5) is 0 Å². The maximum atomic E-state index is 12.1. The summed E-state index contributed by atoms with van der Waals surface area (Å²) in [5.74, 6) is 0.357. The minimum atomic E-state index is -0.401. The second-order valence-electron chi connectivity index (χ2n) is 5.39. The highest BCUT2D eigenvalue weighted by Crippen LogP contribution is 2.12. The van der Waals surface area contributed by atoms with Gasteiger partial charge in [0.1, 0.15) is 17.9 Å². The zero-order valence-corrected chi connectivity index (χ0v) is 13.0. The SMILES string of the molecule is Cc1cccc(OC[C@H](C)NC(=O)c2ccc(C)[nH]c2=O)c1. The molecule has 5 nitrogen and oxygen atoms in total. The molecule has 0 aliphatic carbocycles. The predicted octanol–water partition coefficient (Wildman–Crippen LogP) is 2.19. The van der Waals surface area contributed by atoms with Crippen LogP contribution in [0.3, 0.4) is 0 Å². The number of rotatable bonds is 5. The number of ether oxygens (including phenoxy) is 1. The Hall–Kier alpha value is -2.56. The van der Waals surface area contributed by atoms with Crippen LogP contribution in [-0.4, -0.2) is 23.5 Å². The van der Waals surface area contributed by atoms with Crippen LogP contribution in [0.1, 0.15) is 28.5 Å². The Bertz CT molecular complexity index is 722. The molecule has 2 rings (SSSR count). The van der Waals surface area contributed by atoms with Gasteiger partial charge in [0, 0.05) is 5.69 Å². The molecule has 2 N–H and O–H groups in total. The Morgan fingerprint density at radius 3 is 2.73 bits per heavy atom. The van der Waals surface area contributed by atoms with Crippen LogP contribution in [0.5, 0.6) is 5.75 Å². The molecule has 0 spiro atoms. The van der Waals surface area contributed by atoms with Crippen LogP contribution in [0.15, 0.2) is 41.2 Å². The third kappa shape index (κ3) is 4.22. The molecule has 1 amide bonds. The zero-order chi connectivity index (χ0) is 16.1. The lowest BCUT2D eigenvalue weighted by molar-refractivity contribution is 0.0925. The number of aromatic amines is 1. The standard InChI is InChI=1S/C17H20N2O3/c1-11-5-4-6-14(9-11)22-10-13(3)19-17(21)15-8-7-12(2)18-16(15)20/h4-9,13H,10H2,1-3H3,(H,18,20)(H,19,21)/t13-/m0/s1. The molecule has 0 saturated heterocycles. The summed E-state index contributed by atoms with van der Waals surface area (Å²) in [5, 5.41) is 2.76. The van der Waals surface area contributed by atoms with E-state index < -0.39 is 5.91 Å². The van der Waals surface area contributed by atoms with Crippen LogP contribution in [0, 0.1) is 13.8 Å². The van der Waals surface area contributed by atoms with Crippen molar-refractivity contribution in [1.29, 1.82) is 0 Å². The maximum absolute atomic E-state index is 12.1. The first-order chi connectivity index (χ1) is 10.5. The van der Waals surface area contributed by atoms with Gasteiger partial charge in [-0.25, -0.2) is 0 Å². The summed E-state index contributed by atoms with van der Waals surface area (Å²) >= 11 is 0. The van der Waals surface area contributed by atoms with Gasteiger partial charge in [-0.05, 0) is 50.6 Å². The van der Waals surface area contributed by atoms with E-state index in [0.717, 1.165) is 17.0 Å². The lowest BCUT2D eigenvalue weighted by atomic mass is 10.2. The highest BCUT2D eigenvalue weighted by Gasteiger charge is 2.13. The van der Waals surface area contributed by atoms with E-state index in [1.807, 2.05) is 38.1 Å². The number of nitrogens with one attached hydrogen (secondary N) is 2. The van der Waals surface area contributed by atoms with Gasteiger partial charge in [-0.3, -0.25) is 9.59 Å². The summed E-state index contributed by atoms with van der Waals surface area (Å²) < 4.78 is 5.63. The number of aromatic nitrogens is 1. The summed E-state index contributed by atoms with van der Waals surface area (Å²) in [6.07, 6.45) is 0. The molecule has 0 saturated carbocycles. The molecule has 22 heavy (non-hydrogen) atoms. The Morgan fingerprint density at radius 1 is 1.27 bits per heavy atom. The Morgan fingerprint density at radius 2 is 2.05 bits per heavy atom. The third-order valence-corrected chi connectivity index (χ3v) is 3.17. The number of carbonyl (C=O) groups is 1. The molecule has 2 aromatic rings. The van der Waals surface area contributed by atoms with Gasteiger partial charge >= 0.3 is 0 Å². The molecule has 0 bridgehead atoms. The monoisotopic (exact) mass is 300 g/mol. The second kappa shape index (κ2) is 6.93. The molecular weight excluding hydrogens is 280 g/mol. The molecule has 0 aliphatic heterocycles. The fourth-order valence-corrected chi connectivity index (χ4v) is 2.02. The Balaban J connectivity index is 1.92. The number of benzene rings is 1. The van der Waals surface area contributed by atoms with Crippen LogP contribution < -0.4 is 15.6 Å². The van der Waals surface area contributed by atoms with Crippen molar-refractivity contribution in [3.8, 4) is 5.75 Å². The largest absolute Gasteiger partial charge is 0.491 e. The minimum Gasteiger partial charge on any atom is -0.491 e. The first kappa shape index (κ1) is 15.8. The lowest BCUT2D eigenvalue weighted by Crippen LogP contribution is -2.39. The first-order valence-corrected chi connectivity index (χ1v) is 7.16. The third-order valence-electron chi connectivity index (χ3n) is 3.17. The summed E-state index contributed by atoms with van der Waals surface area (Å²) in [4.78, 5) is 26.4. The van der Waals surface area contributed by atoms with Crippen molar-refractivity contribution in [2.24, 2.45) is 0 Å². The lowest BCUT2D eigenvalue weighted by Gasteiger charge is -2.15. The Kier molecular flexibility index (Phi) is 4.99. The van der Waals surface area contributed by atoms with E-state index in [1.165, 1.54) is 6.07 Å². The van der Waals surface area contributed by atoms with E-state index in [4.69, 9.17) is 4.74 Å². The number of hydrogen-bond acceptors (Lipinski definition) is 3. The number of H-pyrrole nitrogens is 1. The molecule has 0 unspecified atom stereocenters. The van der Waals surface area contributed by atoms with E-state index in [0.29, 0.717) is 6.61 Å². The van der Waals surface area contributed by atoms with Crippen molar-refractivity contribution in [2.75, 3.05) is 6.61 Å². The van der Waals surface area contributed by atoms with Crippen LogP contribution in [-0.2, 0) is 0 Å². The highest BCUT2D eigenvalue weighted by molar-refractivity contribution is 5.93. The van der Waals surface area contributed by atoms with Gasteiger partial charge < -0.3 is 15.0 Å². The van der Waals surface area contributed by atoms with Gasteiger partial charge in [0.25, 0.3) is 11.5 Å². The van der Waals surface area contributed by atoms with Crippen LogP contribution >= 0.6 is 0 Å². The number of pyridine rings is 1. The van der Waals surface area contributed by atoms with E-state index in [9.17, 15) is 9.59 Å². The van der Waals surface area contributed by atoms with Gasteiger partial charge in [-0.1, -0.05) is 12.1 Å². The second-order valence-corrected chi connectivity index (χ2v) is 5.39. The maximum Gasteiger partial charge on any atom is 0.260 e. The van der Waals surface area contributed by atoms with Crippen molar-refractivity contribution in [3.05, 3.63) is 63.6 Å². The van der Waals surface area contributed by atoms with Gasteiger partial charge in [0.05, 0.1) is 6.04 Å². The summed E-state index contributed by atoms with van der Waals surface area (Å²) in [7, 11) is 0. The summed E-state index contributed by atoms with van der Waals surface area (Å²) in [5.41, 5.74) is 1.55.